The molecular formula is C13H23NO3. The summed E-state index contributed by atoms with van der Waals surface area (Å²) in [6.07, 6.45) is 5.02. The Labute approximate surface area is 103 Å². The Bertz CT molecular complexity index is 261. The van der Waals surface area contributed by atoms with Crippen LogP contribution in [0.3, 0.4) is 0 Å². The van der Waals surface area contributed by atoms with E-state index in [1.165, 1.54) is 6.42 Å². The molecule has 0 heterocycles. The Kier molecular flexibility index (Phi) is 6.01. The maximum Gasteiger partial charge on any atom is 0.325 e. The fourth-order valence-corrected chi connectivity index (χ4v) is 2.00. The normalized spacial score (nSPS) is 15.2. The molecule has 0 spiro atoms. The minimum atomic E-state index is -0.303. The van der Waals surface area contributed by atoms with E-state index < -0.39 is 0 Å². The molecule has 1 aliphatic rings. The molecule has 0 radical (unpaired) electrons. The summed E-state index contributed by atoms with van der Waals surface area (Å²) >= 11 is 0. The topological polar surface area (TPSA) is 46.6 Å². The smallest absolute Gasteiger partial charge is 0.325 e. The second-order valence-electron chi connectivity index (χ2n) is 4.62. The molecule has 0 unspecified atom stereocenters. The van der Waals surface area contributed by atoms with Crippen molar-refractivity contribution >= 4 is 11.9 Å². The van der Waals surface area contributed by atoms with Crippen molar-refractivity contribution in [2.75, 3.05) is 19.7 Å². The van der Waals surface area contributed by atoms with Crippen molar-refractivity contribution in [1.82, 2.24) is 4.90 Å². The van der Waals surface area contributed by atoms with Gasteiger partial charge in [0, 0.05) is 13.0 Å². The highest BCUT2D eigenvalue weighted by molar-refractivity contribution is 5.82. The number of hydrogen-bond donors (Lipinski definition) is 0. The first-order valence-electron chi connectivity index (χ1n) is 6.60. The first-order valence-corrected chi connectivity index (χ1v) is 6.60. The number of esters is 1. The second kappa shape index (κ2) is 7.30. The van der Waals surface area contributed by atoms with E-state index in [-0.39, 0.29) is 18.4 Å². The van der Waals surface area contributed by atoms with Gasteiger partial charge in [-0.3, -0.25) is 9.59 Å². The van der Waals surface area contributed by atoms with Crippen LogP contribution < -0.4 is 0 Å². The SMILES string of the molecule is CCCN(CC(=O)OCC)C(=O)CC1CCC1. The predicted octanol–water partition coefficient (Wildman–Crippen LogP) is 1.98. The van der Waals surface area contributed by atoms with E-state index in [0.29, 0.717) is 25.5 Å². The molecule has 1 amide bonds. The van der Waals surface area contributed by atoms with Gasteiger partial charge in [-0.2, -0.15) is 0 Å². The molecule has 1 aliphatic carbocycles. The third kappa shape index (κ3) is 4.75. The molecular weight excluding hydrogens is 218 g/mol. The van der Waals surface area contributed by atoms with Crippen LogP contribution in [0.5, 0.6) is 0 Å². The molecule has 4 nitrogen and oxygen atoms in total. The molecule has 0 aromatic carbocycles. The fraction of sp³-hybridized carbons (Fsp3) is 0.846. The van der Waals surface area contributed by atoms with Crippen LogP contribution in [0.4, 0.5) is 0 Å². The van der Waals surface area contributed by atoms with Gasteiger partial charge in [-0.25, -0.2) is 0 Å². The van der Waals surface area contributed by atoms with Crippen LogP contribution in [-0.2, 0) is 14.3 Å². The highest BCUT2D eigenvalue weighted by Crippen LogP contribution is 2.29. The highest BCUT2D eigenvalue weighted by atomic mass is 16.5. The average Bonchev–Trinajstić information content (AvgIpc) is 2.23. The Morgan fingerprint density at radius 2 is 2.00 bits per heavy atom. The first-order chi connectivity index (χ1) is 8.17. The number of ether oxygens (including phenoxy) is 1. The Morgan fingerprint density at radius 1 is 1.29 bits per heavy atom. The van der Waals surface area contributed by atoms with Crippen LogP contribution >= 0.6 is 0 Å². The summed E-state index contributed by atoms with van der Waals surface area (Å²) in [6.45, 7) is 4.90. The first kappa shape index (κ1) is 14.0. The van der Waals surface area contributed by atoms with E-state index in [1.807, 2.05) is 6.92 Å². The van der Waals surface area contributed by atoms with E-state index in [4.69, 9.17) is 4.74 Å². The molecule has 0 atom stereocenters. The van der Waals surface area contributed by atoms with Gasteiger partial charge in [0.25, 0.3) is 0 Å². The molecule has 4 heteroatoms. The molecule has 0 aromatic heterocycles. The zero-order valence-corrected chi connectivity index (χ0v) is 10.9. The number of nitrogens with zero attached hydrogens (tertiary/aromatic N) is 1. The van der Waals surface area contributed by atoms with Crippen LogP contribution in [-0.4, -0.2) is 36.5 Å². The lowest BCUT2D eigenvalue weighted by Gasteiger charge is -2.28. The van der Waals surface area contributed by atoms with Crippen molar-refractivity contribution in [3.05, 3.63) is 0 Å². The van der Waals surface area contributed by atoms with Gasteiger partial charge >= 0.3 is 5.97 Å². The molecule has 17 heavy (non-hydrogen) atoms. The van der Waals surface area contributed by atoms with Gasteiger partial charge in [0.1, 0.15) is 6.54 Å². The van der Waals surface area contributed by atoms with E-state index >= 15 is 0 Å². The van der Waals surface area contributed by atoms with Crippen molar-refractivity contribution < 1.29 is 14.3 Å². The summed E-state index contributed by atoms with van der Waals surface area (Å²) in [5, 5.41) is 0. The van der Waals surface area contributed by atoms with Crippen molar-refractivity contribution in [2.45, 2.75) is 46.0 Å². The standard InChI is InChI=1S/C13H23NO3/c1-3-8-14(10-13(16)17-4-2)12(15)9-11-6-5-7-11/h11H,3-10H2,1-2H3. The van der Waals surface area contributed by atoms with Gasteiger partial charge in [0.15, 0.2) is 0 Å². The molecule has 0 N–H and O–H groups in total. The van der Waals surface area contributed by atoms with Crippen molar-refractivity contribution in [2.24, 2.45) is 5.92 Å². The fourth-order valence-electron chi connectivity index (χ4n) is 2.00. The third-order valence-corrected chi connectivity index (χ3v) is 3.16. The lowest BCUT2D eigenvalue weighted by molar-refractivity contribution is -0.149. The maximum absolute atomic E-state index is 12.0. The van der Waals surface area contributed by atoms with Crippen molar-refractivity contribution in [3.63, 3.8) is 0 Å². The minimum absolute atomic E-state index is 0.101. The molecule has 0 saturated heterocycles. The number of carbonyl (C=O) groups is 2. The summed E-state index contributed by atoms with van der Waals surface area (Å²) in [4.78, 5) is 25.0. The van der Waals surface area contributed by atoms with E-state index in [9.17, 15) is 9.59 Å². The maximum atomic E-state index is 12.0. The molecule has 0 aromatic rings. The van der Waals surface area contributed by atoms with Gasteiger partial charge in [0.05, 0.1) is 6.61 Å². The minimum Gasteiger partial charge on any atom is -0.465 e. The third-order valence-electron chi connectivity index (χ3n) is 3.16. The quantitative estimate of drug-likeness (QED) is 0.640. The van der Waals surface area contributed by atoms with Gasteiger partial charge < -0.3 is 9.64 Å². The largest absolute Gasteiger partial charge is 0.465 e. The van der Waals surface area contributed by atoms with E-state index in [1.54, 1.807) is 11.8 Å². The van der Waals surface area contributed by atoms with Gasteiger partial charge in [-0.05, 0) is 32.1 Å². The van der Waals surface area contributed by atoms with Gasteiger partial charge in [-0.15, -0.1) is 0 Å². The van der Waals surface area contributed by atoms with Crippen molar-refractivity contribution in [1.29, 1.82) is 0 Å². The predicted molar refractivity (Wildman–Crippen MR) is 65.5 cm³/mol. The molecule has 0 aliphatic heterocycles. The zero-order valence-electron chi connectivity index (χ0n) is 10.9. The molecule has 0 bridgehead atoms. The van der Waals surface area contributed by atoms with Crippen LogP contribution in [0.1, 0.15) is 46.0 Å². The van der Waals surface area contributed by atoms with E-state index in [0.717, 1.165) is 19.3 Å². The summed E-state index contributed by atoms with van der Waals surface area (Å²) < 4.78 is 4.88. The number of carbonyl (C=O) groups excluding carboxylic acids is 2. The number of rotatable bonds is 7. The summed E-state index contributed by atoms with van der Waals surface area (Å²) in [6, 6.07) is 0. The van der Waals surface area contributed by atoms with Crippen LogP contribution in [0.15, 0.2) is 0 Å². The monoisotopic (exact) mass is 241 g/mol. The van der Waals surface area contributed by atoms with E-state index in [2.05, 4.69) is 0 Å². The van der Waals surface area contributed by atoms with Gasteiger partial charge in [-0.1, -0.05) is 13.3 Å². The van der Waals surface area contributed by atoms with Crippen molar-refractivity contribution in [3.8, 4) is 0 Å². The molecule has 1 fully saturated rings. The second-order valence-corrected chi connectivity index (χ2v) is 4.62. The Morgan fingerprint density at radius 3 is 2.47 bits per heavy atom. The zero-order chi connectivity index (χ0) is 12.7. The lowest BCUT2D eigenvalue weighted by atomic mass is 9.82. The average molecular weight is 241 g/mol. The van der Waals surface area contributed by atoms with Crippen LogP contribution in [0.25, 0.3) is 0 Å². The summed E-state index contributed by atoms with van der Waals surface area (Å²) in [5.74, 6) is 0.344. The lowest BCUT2D eigenvalue weighted by Crippen LogP contribution is -2.38. The summed E-state index contributed by atoms with van der Waals surface area (Å²) in [5.41, 5.74) is 0. The van der Waals surface area contributed by atoms with Crippen LogP contribution in [0, 0.1) is 5.92 Å². The Balaban J connectivity index is 2.39. The molecule has 98 valence electrons. The summed E-state index contributed by atoms with van der Waals surface area (Å²) in [7, 11) is 0. The Hall–Kier alpha value is -1.06. The number of hydrogen-bond acceptors (Lipinski definition) is 3. The highest BCUT2D eigenvalue weighted by Gasteiger charge is 2.24. The van der Waals surface area contributed by atoms with Gasteiger partial charge in [0.2, 0.25) is 5.91 Å². The number of amides is 1. The van der Waals surface area contributed by atoms with Crippen LogP contribution in [0.2, 0.25) is 0 Å². The molecule has 1 rings (SSSR count). The molecule has 1 saturated carbocycles.